The van der Waals surface area contributed by atoms with Crippen LogP contribution < -0.4 is 20.3 Å². The Bertz CT molecular complexity index is 957. The van der Waals surface area contributed by atoms with Crippen molar-refractivity contribution in [3.8, 4) is 5.88 Å². The van der Waals surface area contributed by atoms with Crippen molar-refractivity contribution in [2.45, 2.75) is 51.5 Å². The number of carbonyl (C=O) groups is 2. The van der Waals surface area contributed by atoms with Gasteiger partial charge in [0.05, 0.1) is 12.4 Å². The lowest BCUT2D eigenvalue weighted by Crippen LogP contribution is -2.31. The highest BCUT2D eigenvalue weighted by molar-refractivity contribution is 7.89. The molecule has 3 rings (SSSR count). The molecule has 1 saturated heterocycles. The zero-order valence-electron chi connectivity index (χ0n) is 17.7. The second-order valence-electron chi connectivity index (χ2n) is 8.13. The minimum absolute atomic E-state index is 0.0527. The normalized spacial score (nSPS) is 17.6. The number of sulfonamides is 1. The summed E-state index contributed by atoms with van der Waals surface area (Å²) in [6.45, 7) is 2.87. The van der Waals surface area contributed by atoms with Crippen molar-refractivity contribution < 1.29 is 22.7 Å². The Hall–Kier alpha value is -2.40. The summed E-state index contributed by atoms with van der Waals surface area (Å²) in [5.74, 6) is 0.524. The maximum atomic E-state index is 12.5. The Labute approximate surface area is 181 Å². The number of urea groups is 1. The second kappa shape index (κ2) is 10.3. The van der Waals surface area contributed by atoms with E-state index in [0.29, 0.717) is 56.2 Å². The van der Waals surface area contributed by atoms with Gasteiger partial charge in [0.25, 0.3) is 5.56 Å². The molecule has 3 amide bonds. The number of hydrogen-bond donors (Lipinski definition) is 3. The van der Waals surface area contributed by atoms with Crippen LogP contribution in [0.25, 0.3) is 0 Å². The van der Waals surface area contributed by atoms with Crippen LogP contribution in [0.4, 0.5) is 4.79 Å². The molecule has 0 aromatic carbocycles. The Morgan fingerprint density at radius 2 is 1.97 bits per heavy atom. The molecule has 10 nitrogen and oxygen atoms in total. The lowest BCUT2D eigenvalue weighted by atomic mass is 10.1. The van der Waals surface area contributed by atoms with E-state index >= 15 is 0 Å². The van der Waals surface area contributed by atoms with Crippen molar-refractivity contribution in [2.75, 3.05) is 25.4 Å². The molecule has 0 bridgehead atoms. The molecule has 0 radical (unpaired) electrons. The highest BCUT2D eigenvalue weighted by Crippen LogP contribution is 2.29. The van der Waals surface area contributed by atoms with Gasteiger partial charge >= 0.3 is 6.03 Å². The molecule has 2 heterocycles. The van der Waals surface area contributed by atoms with Gasteiger partial charge in [-0.3, -0.25) is 19.9 Å². The minimum Gasteiger partial charge on any atom is -0.479 e. The molecular formula is C20H30N4O6S. The van der Waals surface area contributed by atoms with Gasteiger partial charge in [0.1, 0.15) is 6.54 Å². The number of rotatable bonds is 13. The summed E-state index contributed by atoms with van der Waals surface area (Å²) >= 11 is 0. The Morgan fingerprint density at radius 1 is 1.19 bits per heavy atom. The third-order valence-corrected chi connectivity index (χ3v) is 6.82. The van der Waals surface area contributed by atoms with Crippen molar-refractivity contribution in [3.63, 3.8) is 0 Å². The minimum atomic E-state index is -3.55. The van der Waals surface area contributed by atoms with Crippen LogP contribution >= 0.6 is 0 Å². The largest absolute Gasteiger partial charge is 0.479 e. The van der Waals surface area contributed by atoms with E-state index in [1.54, 1.807) is 6.07 Å². The third-order valence-electron chi connectivity index (χ3n) is 5.35. The number of nitrogens with zero attached hydrogens (tertiary/aromatic N) is 1. The van der Waals surface area contributed by atoms with E-state index in [9.17, 15) is 22.8 Å². The Kier molecular flexibility index (Phi) is 7.71. The first kappa shape index (κ1) is 23.3. The van der Waals surface area contributed by atoms with Gasteiger partial charge in [0.2, 0.25) is 15.9 Å². The molecule has 1 aliphatic carbocycles. The van der Waals surface area contributed by atoms with E-state index in [0.717, 1.165) is 12.8 Å². The smallest absolute Gasteiger partial charge is 0.324 e. The fraction of sp³-hybridized carbons (Fsp3) is 0.650. The summed E-state index contributed by atoms with van der Waals surface area (Å²) in [6, 6.07) is 2.16. The zero-order valence-corrected chi connectivity index (χ0v) is 18.5. The van der Waals surface area contributed by atoms with Gasteiger partial charge < -0.3 is 9.64 Å². The number of aromatic amines is 1. The van der Waals surface area contributed by atoms with Crippen molar-refractivity contribution in [1.29, 1.82) is 0 Å². The maximum Gasteiger partial charge on any atom is 0.324 e. The van der Waals surface area contributed by atoms with Crippen molar-refractivity contribution in [3.05, 3.63) is 28.0 Å². The van der Waals surface area contributed by atoms with E-state index in [2.05, 4.69) is 15.0 Å². The third kappa shape index (κ3) is 7.35. The summed E-state index contributed by atoms with van der Waals surface area (Å²) in [5, 5.41) is 2.21. The summed E-state index contributed by atoms with van der Waals surface area (Å²) < 4.78 is 33.4. The Balaban J connectivity index is 1.47. The van der Waals surface area contributed by atoms with E-state index in [-0.39, 0.29) is 23.8 Å². The quantitative estimate of drug-likeness (QED) is 0.303. The zero-order chi connectivity index (χ0) is 22.4. The molecule has 11 heteroatoms. The lowest BCUT2D eigenvalue weighted by molar-refractivity contribution is -0.118. The molecular weight excluding hydrogens is 424 g/mol. The summed E-state index contributed by atoms with van der Waals surface area (Å²) in [5.41, 5.74) is 0.246. The summed E-state index contributed by atoms with van der Waals surface area (Å²) in [7, 11) is -3.55. The van der Waals surface area contributed by atoms with Crippen LogP contribution in [0.3, 0.4) is 0 Å². The summed E-state index contributed by atoms with van der Waals surface area (Å²) in [6.07, 6.45) is 4.40. The molecule has 0 unspecified atom stereocenters. The number of imide groups is 1. The van der Waals surface area contributed by atoms with Crippen molar-refractivity contribution >= 4 is 22.0 Å². The molecule has 2 aliphatic rings. The molecule has 1 saturated carbocycles. The first-order chi connectivity index (χ1) is 14.8. The number of amides is 3. The average Bonchev–Trinajstić information content (AvgIpc) is 3.47. The monoisotopic (exact) mass is 454 g/mol. The van der Waals surface area contributed by atoms with Crippen LogP contribution in [-0.2, 0) is 14.8 Å². The van der Waals surface area contributed by atoms with E-state index in [1.807, 2.05) is 6.92 Å². The van der Waals surface area contributed by atoms with Crippen LogP contribution in [0, 0.1) is 5.92 Å². The van der Waals surface area contributed by atoms with Gasteiger partial charge in [-0.25, -0.2) is 17.9 Å². The number of unbranched alkanes of at least 4 members (excludes halogenated alkanes) is 2. The summed E-state index contributed by atoms with van der Waals surface area (Å²) in [4.78, 5) is 38.7. The van der Waals surface area contributed by atoms with Gasteiger partial charge in [-0.1, -0.05) is 13.3 Å². The fourth-order valence-corrected chi connectivity index (χ4v) is 4.85. The highest BCUT2D eigenvalue weighted by atomic mass is 32.2. The molecule has 1 atom stereocenters. The van der Waals surface area contributed by atoms with Crippen LogP contribution in [0.2, 0.25) is 0 Å². The molecule has 0 spiro atoms. The van der Waals surface area contributed by atoms with E-state index in [1.165, 1.54) is 11.0 Å². The second-order valence-corrected chi connectivity index (χ2v) is 10.0. The van der Waals surface area contributed by atoms with Crippen molar-refractivity contribution in [1.82, 2.24) is 19.9 Å². The van der Waals surface area contributed by atoms with Crippen molar-refractivity contribution in [2.24, 2.45) is 5.92 Å². The molecule has 31 heavy (non-hydrogen) atoms. The standard InChI is InChI=1S/C20H30N4O6S/c1-2-16(15-10-17(25)21-19(11-15)30-13-14-6-7-14)23-31(28,29)9-5-3-4-8-24-12-18(26)22-20(24)27/h10-11,14,16,23H,2-9,12-13H2,1H3,(H,21,25)(H,22,26,27)/t16-/m1/s1. The number of nitrogens with one attached hydrogen (secondary N) is 3. The van der Waals surface area contributed by atoms with Crippen LogP contribution in [0.1, 0.15) is 57.1 Å². The molecule has 1 aromatic heterocycles. The lowest BCUT2D eigenvalue weighted by Gasteiger charge is -2.18. The van der Waals surface area contributed by atoms with Gasteiger partial charge in [-0.2, -0.15) is 0 Å². The fourth-order valence-electron chi connectivity index (χ4n) is 3.41. The maximum absolute atomic E-state index is 12.5. The Morgan fingerprint density at radius 3 is 2.61 bits per heavy atom. The van der Waals surface area contributed by atoms with Gasteiger partial charge in [-0.05, 0) is 43.6 Å². The predicted octanol–water partition coefficient (Wildman–Crippen LogP) is 1.26. The first-order valence-electron chi connectivity index (χ1n) is 10.7. The highest BCUT2D eigenvalue weighted by Gasteiger charge is 2.26. The topological polar surface area (TPSA) is 138 Å². The number of ether oxygens (including phenoxy) is 1. The molecule has 1 aromatic rings. The van der Waals surface area contributed by atoms with Crippen LogP contribution in [-0.4, -0.2) is 55.7 Å². The predicted molar refractivity (Wildman–Crippen MR) is 114 cm³/mol. The molecule has 2 fully saturated rings. The van der Waals surface area contributed by atoms with E-state index < -0.39 is 22.1 Å². The molecule has 172 valence electrons. The van der Waals surface area contributed by atoms with Gasteiger partial charge in [0.15, 0.2) is 5.88 Å². The molecule has 1 aliphatic heterocycles. The van der Waals surface area contributed by atoms with Gasteiger partial charge in [0, 0.05) is 24.7 Å². The van der Waals surface area contributed by atoms with Gasteiger partial charge in [-0.15, -0.1) is 0 Å². The van der Waals surface area contributed by atoms with Crippen LogP contribution in [0.15, 0.2) is 16.9 Å². The SMILES string of the molecule is CC[C@@H](NS(=O)(=O)CCCCCN1CC(=O)NC1=O)c1cc(OCC2CC2)[nH]c(=O)c1. The van der Waals surface area contributed by atoms with Crippen LogP contribution in [0.5, 0.6) is 5.88 Å². The number of pyridine rings is 1. The number of carbonyl (C=O) groups excluding carboxylic acids is 2. The first-order valence-corrected chi connectivity index (χ1v) is 12.4. The number of aromatic nitrogens is 1. The van der Waals surface area contributed by atoms with E-state index in [4.69, 9.17) is 4.74 Å². The molecule has 3 N–H and O–H groups in total. The average molecular weight is 455 g/mol. The number of hydrogen-bond acceptors (Lipinski definition) is 6. The number of H-pyrrole nitrogens is 1.